The van der Waals surface area contributed by atoms with Crippen LogP contribution in [0.1, 0.15) is 5.69 Å². The highest BCUT2D eigenvalue weighted by Crippen LogP contribution is 2.29. The summed E-state index contributed by atoms with van der Waals surface area (Å²) in [6.45, 7) is 0.604. The van der Waals surface area contributed by atoms with Crippen molar-refractivity contribution in [1.29, 1.82) is 0 Å². The van der Waals surface area contributed by atoms with Gasteiger partial charge in [-0.25, -0.2) is 15.0 Å². The predicted molar refractivity (Wildman–Crippen MR) is 72.0 cm³/mol. The van der Waals surface area contributed by atoms with Crippen molar-refractivity contribution in [3.63, 3.8) is 0 Å². The van der Waals surface area contributed by atoms with Crippen LogP contribution in [0.25, 0.3) is 4.96 Å². The molecule has 0 amide bonds. The highest BCUT2D eigenvalue weighted by molar-refractivity contribution is 7.99. The summed E-state index contributed by atoms with van der Waals surface area (Å²) in [7, 11) is 0. The van der Waals surface area contributed by atoms with E-state index < -0.39 is 0 Å². The van der Waals surface area contributed by atoms with E-state index in [-0.39, 0.29) is 0 Å². The maximum atomic E-state index is 5.66. The van der Waals surface area contributed by atoms with Gasteiger partial charge in [0.15, 0.2) is 10.1 Å². The van der Waals surface area contributed by atoms with E-state index in [1.807, 2.05) is 11.6 Å². The summed E-state index contributed by atoms with van der Waals surface area (Å²) >= 11 is 3.10. The highest BCUT2D eigenvalue weighted by atomic mass is 32.2. The second-order valence-electron chi connectivity index (χ2n) is 3.59. The zero-order valence-electron chi connectivity index (χ0n) is 9.48. The minimum absolute atomic E-state index is 0.604. The van der Waals surface area contributed by atoms with Gasteiger partial charge in [-0.05, 0) is 24.4 Å². The third-order valence-corrected chi connectivity index (χ3v) is 4.11. The zero-order chi connectivity index (χ0) is 12.4. The van der Waals surface area contributed by atoms with Gasteiger partial charge in [-0.3, -0.25) is 4.40 Å². The monoisotopic (exact) mass is 277 g/mol. The van der Waals surface area contributed by atoms with E-state index in [9.17, 15) is 0 Å². The van der Waals surface area contributed by atoms with E-state index in [4.69, 9.17) is 5.73 Å². The lowest BCUT2D eigenvalue weighted by molar-refractivity contribution is 0.875. The fourth-order valence-electron chi connectivity index (χ4n) is 1.68. The van der Waals surface area contributed by atoms with Gasteiger partial charge in [0.1, 0.15) is 5.03 Å². The molecule has 0 radical (unpaired) electrons. The molecule has 0 aliphatic heterocycles. The third kappa shape index (κ3) is 2.12. The Morgan fingerprint density at radius 3 is 2.94 bits per heavy atom. The topological polar surface area (TPSA) is 69.1 Å². The number of hydrogen-bond donors (Lipinski definition) is 1. The van der Waals surface area contributed by atoms with E-state index in [0.717, 1.165) is 22.1 Å². The van der Waals surface area contributed by atoms with E-state index >= 15 is 0 Å². The van der Waals surface area contributed by atoms with Gasteiger partial charge in [-0.1, -0.05) is 0 Å². The molecule has 0 aliphatic carbocycles. The normalized spacial score (nSPS) is 11.2. The average molecular weight is 277 g/mol. The summed E-state index contributed by atoms with van der Waals surface area (Å²) in [5, 5.41) is 3.68. The Morgan fingerprint density at radius 2 is 2.17 bits per heavy atom. The third-order valence-electron chi connectivity index (χ3n) is 2.44. The number of thiazole rings is 1. The SMILES string of the molecule is NCCc1c(Sc2ncccn2)nc2sccn12. The van der Waals surface area contributed by atoms with Crippen molar-refractivity contribution in [2.45, 2.75) is 16.6 Å². The van der Waals surface area contributed by atoms with Crippen molar-refractivity contribution in [2.75, 3.05) is 6.54 Å². The number of rotatable bonds is 4. The Hall–Kier alpha value is -1.44. The standard InChI is InChI=1S/C11H11N5S2/c12-3-2-8-9(15-11-16(8)6-7-17-11)18-10-13-4-1-5-14-10/h1,4-7H,2-3,12H2. The van der Waals surface area contributed by atoms with Crippen LogP contribution >= 0.6 is 23.1 Å². The van der Waals surface area contributed by atoms with E-state index in [0.29, 0.717) is 11.7 Å². The van der Waals surface area contributed by atoms with Crippen LogP contribution in [-0.4, -0.2) is 25.9 Å². The summed E-state index contributed by atoms with van der Waals surface area (Å²) in [4.78, 5) is 14.0. The van der Waals surface area contributed by atoms with Crippen LogP contribution in [0.3, 0.4) is 0 Å². The smallest absolute Gasteiger partial charge is 0.194 e. The van der Waals surface area contributed by atoms with Crippen molar-refractivity contribution in [3.05, 3.63) is 35.7 Å². The van der Waals surface area contributed by atoms with Crippen LogP contribution in [0, 0.1) is 0 Å². The lowest BCUT2D eigenvalue weighted by atomic mass is 10.3. The first kappa shape index (κ1) is 11.6. The largest absolute Gasteiger partial charge is 0.330 e. The Morgan fingerprint density at radius 1 is 1.33 bits per heavy atom. The number of aromatic nitrogens is 4. The molecule has 0 atom stereocenters. The first-order valence-electron chi connectivity index (χ1n) is 5.48. The van der Waals surface area contributed by atoms with Crippen molar-refractivity contribution in [1.82, 2.24) is 19.4 Å². The van der Waals surface area contributed by atoms with Crippen molar-refractivity contribution in [2.24, 2.45) is 5.73 Å². The molecule has 5 nitrogen and oxygen atoms in total. The minimum Gasteiger partial charge on any atom is -0.330 e. The van der Waals surface area contributed by atoms with Gasteiger partial charge in [0, 0.05) is 30.4 Å². The number of nitrogens with two attached hydrogens (primary N) is 1. The molecule has 3 rings (SSSR count). The first-order valence-corrected chi connectivity index (χ1v) is 7.17. The van der Waals surface area contributed by atoms with Crippen LogP contribution in [0.4, 0.5) is 0 Å². The van der Waals surface area contributed by atoms with E-state index in [1.165, 1.54) is 11.8 Å². The van der Waals surface area contributed by atoms with E-state index in [1.54, 1.807) is 29.8 Å². The van der Waals surface area contributed by atoms with Gasteiger partial charge >= 0.3 is 0 Å². The molecule has 0 saturated carbocycles. The summed E-state index contributed by atoms with van der Waals surface area (Å²) in [5.74, 6) is 0. The Labute approximate surface area is 112 Å². The van der Waals surface area contributed by atoms with Crippen LogP contribution in [0.2, 0.25) is 0 Å². The molecule has 0 unspecified atom stereocenters. The number of hydrogen-bond acceptors (Lipinski definition) is 6. The molecule has 0 fully saturated rings. The summed E-state index contributed by atoms with van der Waals surface area (Å²) < 4.78 is 2.09. The van der Waals surface area contributed by atoms with Gasteiger partial charge in [-0.2, -0.15) is 0 Å². The molecular weight excluding hydrogens is 266 g/mol. The van der Waals surface area contributed by atoms with Crippen LogP contribution in [0.5, 0.6) is 0 Å². The fraction of sp³-hybridized carbons (Fsp3) is 0.182. The summed E-state index contributed by atoms with van der Waals surface area (Å²) in [5.41, 5.74) is 6.79. The van der Waals surface area contributed by atoms with Gasteiger partial charge in [0.25, 0.3) is 0 Å². The number of fused-ring (bicyclic) bond motifs is 1. The second kappa shape index (κ2) is 5.05. The summed E-state index contributed by atoms with van der Waals surface area (Å²) in [6.07, 6.45) is 6.29. The Balaban J connectivity index is 2.00. The molecule has 0 bridgehead atoms. The Kier molecular flexibility index (Phi) is 3.26. The highest BCUT2D eigenvalue weighted by Gasteiger charge is 2.14. The molecule has 2 N–H and O–H groups in total. The lowest BCUT2D eigenvalue weighted by Gasteiger charge is -2.00. The molecular formula is C11H11N5S2. The van der Waals surface area contributed by atoms with Crippen LogP contribution in [-0.2, 0) is 6.42 Å². The predicted octanol–water partition coefficient (Wildman–Crippen LogP) is 1.84. The number of imidazole rings is 1. The van der Waals surface area contributed by atoms with Crippen molar-refractivity contribution in [3.8, 4) is 0 Å². The maximum Gasteiger partial charge on any atom is 0.194 e. The maximum absolute atomic E-state index is 5.66. The molecule has 0 aromatic carbocycles. The first-order chi connectivity index (χ1) is 8.88. The lowest BCUT2D eigenvalue weighted by Crippen LogP contribution is -2.05. The van der Waals surface area contributed by atoms with Gasteiger partial charge < -0.3 is 5.73 Å². The van der Waals surface area contributed by atoms with E-state index in [2.05, 4.69) is 19.4 Å². The molecule has 3 heterocycles. The molecule has 3 aromatic heterocycles. The van der Waals surface area contributed by atoms with Gasteiger partial charge in [0.2, 0.25) is 0 Å². The van der Waals surface area contributed by atoms with Crippen molar-refractivity contribution >= 4 is 28.1 Å². The fourth-order valence-corrected chi connectivity index (χ4v) is 3.32. The quantitative estimate of drug-likeness (QED) is 0.737. The second-order valence-corrected chi connectivity index (χ2v) is 5.42. The molecule has 0 saturated heterocycles. The molecule has 92 valence electrons. The molecule has 18 heavy (non-hydrogen) atoms. The molecule has 0 aliphatic rings. The number of nitrogens with zero attached hydrogens (tertiary/aromatic N) is 4. The molecule has 0 spiro atoms. The molecule has 3 aromatic rings. The summed E-state index contributed by atoms with van der Waals surface area (Å²) in [6, 6.07) is 1.80. The van der Waals surface area contributed by atoms with Gasteiger partial charge in [0.05, 0.1) is 5.69 Å². The van der Waals surface area contributed by atoms with Crippen LogP contribution < -0.4 is 5.73 Å². The van der Waals surface area contributed by atoms with Crippen molar-refractivity contribution < 1.29 is 0 Å². The van der Waals surface area contributed by atoms with Crippen LogP contribution in [0.15, 0.2) is 40.2 Å². The molecule has 7 heteroatoms. The Bertz CT molecular complexity index is 646. The van der Waals surface area contributed by atoms with Gasteiger partial charge in [-0.15, -0.1) is 11.3 Å². The average Bonchev–Trinajstić information content (AvgIpc) is 2.95. The zero-order valence-corrected chi connectivity index (χ0v) is 11.1. The minimum atomic E-state index is 0.604.